The largest absolute Gasteiger partial charge is 0.361 e. The summed E-state index contributed by atoms with van der Waals surface area (Å²) < 4.78 is 31.0. The molecule has 0 atom stereocenters. The molecule has 2 aromatic rings. The highest BCUT2D eigenvalue weighted by molar-refractivity contribution is 7.89. The summed E-state index contributed by atoms with van der Waals surface area (Å²) in [6.07, 6.45) is 1.27. The number of sulfonamides is 1. The predicted octanol–water partition coefficient (Wildman–Crippen LogP) is 0.493. The lowest BCUT2D eigenvalue weighted by atomic mass is 10.4. The van der Waals surface area contributed by atoms with E-state index in [1.54, 1.807) is 19.9 Å². The number of hydrogen-bond donors (Lipinski definition) is 2. The van der Waals surface area contributed by atoms with Crippen molar-refractivity contribution >= 4 is 10.0 Å². The van der Waals surface area contributed by atoms with Crippen LogP contribution in [-0.4, -0.2) is 23.8 Å². The van der Waals surface area contributed by atoms with E-state index in [1.165, 1.54) is 6.20 Å². The Balaban J connectivity index is 2.11. The second kappa shape index (κ2) is 4.30. The molecule has 0 aliphatic rings. The summed E-state index contributed by atoms with van der Waals surface area (Å²) in [5, 5.41) is 9.94. The molecule has 0 saturated heterocycles. The molecule has 17 heavy (non-hydrogen) atoms. The molecule has 2 aromatic heterocycles. The average Bonchev–Trinajstić information content (AvgIpc) is 2.85. The number of H-pyrrole nitrogens is 1. The van der Waals surface area contributed by atoms with Crippen LogP contribution >= 0.6 is 0 Å². The zero-order valence-electron chi connectivity index (χ0n) is 9.39. The van der Waals surface area contributed by atoms with Crippen LogP contribution in [0.5, 0.6) is 0 Å². The zero-order chi connectivity index (χ0) is 12.5. The maximum Gasteiger partial charge on any atom is 0.244 e. The van der Waals surface area contributed by atoms with Gasteiger partial charge in [-0.3, -0.25) is 5.10 Å². The van der Waals surface area contributed by atoms with Gasteiger partial charge in [-0.25, -0.2) is 13.1 Å². The summed E-state index contributed by atoms with van der Waals surface area (Å²) in [5.74, 6) is 0.638. The van der Waals surface area contributed by atoms with E-state index in [-0.39, 0.29) is 11.4 Å². The maximum atomic E-state index is 11.9. The van der Waals surface area contributed by atoms with Crippen LogP contribution in [0.3, 0.4) is 0 Å². The third-order valence-corrected chi connectivity index (χ3v) is 3.71. The Hall–Kier alpha value is -1.67. The van der Waals surface area contributed by atoms with Crippen LogP contribution in [0.4, 0.5) is 0 Å². The summed E-state index contributed by atoms with van der Waals surface area (Å²) in [5.41, 5.74) is 1.03. The first kappa shape index (κ1) is 11.8. The second-order valence-corrected chi connectivity index (χ2v) is 5.35. The Bertz CT molecular complexity index is 614. The molecule has 0 spiro atoms. The van der Waals surface area contributed by atoms with Gasteiger partial charge in [-0.05, 0) is 13.8 Å². The minimum atomic E-state index is -3.56. The van der Waals surface area contributed by atoms with E-state index >= 15 is 0 Å². The Morgan fingerprint density at radius 1 is 1.47 bits per heavy atom. The highest BCUT2D eigenvalue weighted by atomic mass is 32.2. The lowest BCUT2D eigenvalue weighted by Gasteiger charge is -2.02. The van der Waals surface area contributed by atoms with Crippen molar-refractivity contribution in [2.24, 2.45) is 0 Å². The first-order chi connectivity index (χ1) is 7.99. The van der Waals surface area contributed by atoms with Crippen molar-refractivity contribution in [1.29, 1.82) is 0 Å². The summed E-state index contributed by atoms with van der Waals surface area (Å²) in [4.78, 5) is 0.137. The van der Waals surface area contributed by atoms with E-state index in [9.17, 15) is 8.42 Å². The Morgan fingerprint density at radius 3 is 2.76 bits per heavy atom. The van der Waals surface area contributed by atoms with Crippen molar-refractivity contribution in [1.82, 2.24) is 20.1 Å². The van der Waals surface area contributed by atoms with Crippen LogP contribution in [0.25, 0.3) is 0 Å². The fraction of sp³-hybridized carbons (Fsp3) is 0.333. The van der Waals surface area contributed by atoms with Crippen LogP contribution < -0.4 is 4.72 Å². The van der Waals surface area contributed by atoms with Gasteiger partial charge >= 0.3 is 0 Å². The minimum absolute atomic E-state index is 0.0876. The molecule has 92 valence electrons. The normalized spacial score (nSPS) is 11.9. The van der Waals surface area contributed by atoms with E-state index in [4.69, 9.17) is 4.52 Å². The summed E-state index contributed by atoms with van der Waals surface area (Å²) in [6.45, 7) is 3.47. The molecule has 0 aliphatic heterocycles. The molecular weight excluding hydrogens is 244 g/mol. The molecule has 0 aromatic carbocycles. The van der Waals surface area contributed by atoms with Gasteiger partial charge in [0.1, 0.15) is 10.7 Å². The monoisotopic (exact) mass is 256 g/mol. The molecule has 2 rings (SSSR count). The van der Waals surface area contributed by atoms with Crippen LogP contribution in [0.15, 0.2) is 21.7 Å². The van der Waals surface area contributed by atoms with Gasteiger partial charge in [-0.15, -0.1) is 0 Å². The van der Waals surface area contributed by atoms with Gasteiger partial charge in [0.15, 0.2) is 0 Å². The minimum Gasteiger partial charge on any atom is -0.361 e. The summed E-state index contributed by atoms with van der Waals surface area (Å²) in [6, 6.07) is 1.67. The third-order valence-electron chi connectivity index (χ3n) is 2.19. The quantitative estimate of drug-likeness (QED) is 0.829. The molecule has 0 aliphatic carbocycles. The fourth-order valence-electron chi connectivity index (χ4n) is 1.36. The maximum absolute atomic E-state index is 11.9. The molecule has 2 heterocycles. The highest BCUT2D eigenvalue weighted by Gasteiger charge is 2.18. The topological polar surface area (TPSA) is 101 Å². The molecule has 0 unspecified atom stereocenters. The Morgan fingerprint density at radius 2 is 2.24 bits per heavy atom. The number of nitrogens with zero attached hydrogens (tertiary/aromatic N) is 2. The van der Waals surface area contributed by atoms with E-state index < -0.39 is 10.0 Å². The number of hydrogen-bond acceptors (Lipinski definition) is 5. The standard InChI is InChI=1S/C9H12N4O3S/c1-6-3-8(13-16-6)4-11-17(14,15)9-5-10-12-7(9)2/h3,5,11H,4H2,1-2H3,(H,10,12). The smallest absolute Gasteiger partial charge is 0.244 e. The van der Waals surface area contributed by atoms with Crippen molar-refractivity contribution in [3.8, 4) is 0 Å². The molecular formula is C9H12N4O3S. The lowest BCUT2D eigenvalue weighted by molar-refractivity contribution is 0.390. The van der Waals surface area contributed by atoms with E-state index in [1.807, 2.05) is 0 Å². The molecule has 0 radical (unpaired) electrons. The van der Waals surface area contributed by atoms with Crippen molar-refractivity contribution in [2.45, 2.75) is 25.3 Å². The number of aromatic amines is 1. The van der Waals surface area contributed by atoms with Crippen molar-refractivity contribution < 1.29 is 12.9 Å². The number of rotatable bonds is 4. The van der Waals surface area contributed by atoms with Crippen molar-refractivity contribution in [3.63, 3.8) is 0 Å². The lowest BCUT2D eigenvalue weighted by Crippen LogP contribution is -2.23. The predicted molar refractivity (Wildman–Crippen MR) is 58.6 cm³/mol. The van der Waals surface area contributed by atoms with Gasteiger partial charge in [0, 0.05) is 6.07 Å². The molecule has 0 amide bonds. The van der Waals surface area contributed by atoms with Crippen LogP contribution in [0, 0.1) is 13.8 Å². The highest BCUT2D eigenvalue weighted by Crippen LogP contribution is 2.11. The Labute approximate surface area is 98.3 Å². The molecule has 0 fully saturated rings. The number of aryl methyl sites for hydroxylation is 2. The first-order valence-corrected chi connectivity index (χ1v) is 6.39. The van der Waals surface area contributed by atoms with Gasteiger partial charge in [0.2, 0.25) is 10.0 Å². The Kier molecular flexibility index (Phi) is 2.99. The van der Waals surface area contributed by atoms with E-state index in [2.05, 4.69) is 20.1 Å². The first-order valence-electron chi connectivity index (χ1n) is 4.91. The van der Waals surface area contributed by atoms with Crippen LogP contribution in [-0.2, 0) is 16.6 Å². The molecule has 8 heteroatoms. The van der Waals surface area contributed by atoms with Crippen LogP contribution in [0.2, 0.25) is 0 Å². The third kappa shape index (κ3) is 2.53. The fourth-order valence-corrected chi connectivity index (χ4v) is 2.49. The van der Waals surface area contributed by atoms with Gasteiger partial charge in [-0.2, -0.15) is 5.10 Å². The molecule has 2 N–H and O–H groups in total. The SMILES string of the molecule is Cc1cc(CNS(=O)(=O)c2cn[nH]c2C)no1. The number of nitrogens with one attached hydrogen (secondary N) is 2. The van der Waals surface area contributed by atoms with Crippen LogP contribution in [0.1, 0.15) is 17.1 Å². The average molecular weight is 256 g/mol. The van der Waals surface area contributed by atoms with Gasteiger partial charge < -0.3 is 4.52 Å². The summed E-state index contributed by atoms with van der Waals surface area (Å²) >= 11 is 0. The van der Waals surface area contributed by atoms with Crippen molar-refractivity contribution in [3.05, 3.63) is 29.4 Å². The second-order valence-electron chi connectivity index (χ2n) is 3.61. The molecule has 7 nitrogen and oxygen atoms in total. The molecule has 0 saturated carbocycles. The van der Waals surface area contributed by atoms with E-state index in [0.717, 1.165) is 0 Å². The van der Waals surface area contributed by atoms with E-state index in [0.29, 0.717) is 17.1 Å². The van der Waals surface area contributed by atoms with Gasteiger partial charge in [-0.1, -0.05) is 5.16 Å². The zero-order valence-corrected chi connectivity index (χ0v) is 10.2. The van der Waals surface area contributed by atoms with Gasteiger partial charge in [0.25, 0.3) is 0 Å². The number of aromatic nitrogens is 3. The van der Waals surface area contributed by atoms with Crippen molar-refractivity contribution in [2.75, 3.05) is 0 Å². The molecule has 0 bridgehead atoms. The summed E-state index contributed by atoms with van der Waals surface area (Å²) in [7, 11) is -3.56. The van der Waals surface area contributed by atoms with Gasteiger partial charge in [0.05, 0.1) is 24.1 Å².